The number of carbonyl (C=O) groups is 1. The number of aryl methyl sites for hydroxylation is 2. The van der Waals surface area contributed by atoms with Gasteiger partial charge < -0.3 is 5.32 Å². The minimum atomic E-state index is 0.0702. The molecule has 2 N–H and O–H groups in total. The van der Waals surface area contributed by atoms with Gasteiger partial charge in [-0.05, 0) is 18.8 Å². The Balaban J connectivity index is 2.78. The molecule has 0 aliphatic rings. The average molecular weight is 223 g/mol. The van der Waals surface area contributed by atoms with Crippen LogP contribution in [0.3, 0.4) is 0 Å². The number of H-pyrrole nitrogens is 1. The van der Waals surface area contributed by atoms with E-state index in [0.717, 1.165) is 29.9 Å². The fourth-order valence-corrected chi connectivity index (χ4v) is 1.64. The Labute approximate surface area is 96.8 Å². The Morgan fingerprint density at radius 1 is 1.38 bits per heavy atom. The number of hydrogen-bond acceptors (Lipinski definition) is 2. The molecule has 0 atom stereocenters. The predicted octanol–water partition coefficient (Wildman–Crippen LogP) is 2.52. The van der Waals surface area contributed by atoms with Crippen molar-refractivity contribution in [1.82, 2.24) is 10.2 Å². The van der Waals surface area contributed by atoms with Crippen LogP contribution < -0.4 is 5.32 Å². The van der Waals surface area contributed by atoms with Gasteiger partial charge in [0.2, 0.25) is 5.91 Å². The van der Waals surface area contributed by atoms with Crippen LogP contribution in [0.4, 0.5) is 5.69 Å². The summed E-state index contributed by atoms with van der Waals surface area (Å²) in [6, 6.07) is 0. The lowest BCUT2D eigenvalue weighted by atomic mass is 10.1. The van der Waals surface area contributed by atoms with Crippen LogP contribution in [0.2, 0.25) is 0 Å². The lowest BCUT2D eigenvalue weighted by Gasteiger charge is -2.08. The molecule has 4 heteroatoms. The number of amides is 1. The minimum Gasteiger partial charge on any atom is -0.323 e. The highest BCUT2D eigenvalue weighted by Gasteiger charge is 2.13. The first kappa shape index (κ1) is 12.7. The summed E-state index contributed by atoms with van der Waals surface area (Å²) >= 11 is 0. The molecule has 0 bridgehead atoms. The van der Waals surface area contributed by atoms with Crippen molar-refractivity contribution in [3.63, 3.8) is 0 Å². The maximum atomic E-state index is 11.7. The van der Waals surface area contributed by atoms with Crippen LogP contribution in [-0.2, 0) is 17.6 Å². The summed E-state index contributed by atoms with van der Waals surface area (Å²) in [5.74, 6) is 0.447. The van der Waals surface area contributed by atoms with E-state index >= 15 is 0 Å². The molecule has 0 saturated carbocycles. The third kappa shape index (κ3) is 3.08. The lowest BCUT2D eigenvalue weighted by molar-refractivity contribution is -0.116. The van der Waals surface area contributed by atoms with Gasteiger partial charge in [-0.1, -0.05) is 27.7 Å². The van der Waals surface area contributed by atoms with Gasteiger partial charge in [-0.25, -0.2) is 0 Å². The van der Waals surface area contributed by atoms with Crippen molar-refractivity contribution in [3.8, 4) is 0 Å². The normalized spacial score (nSPS) is 10.8. The van der Waals surface area contributed by atoms with Gasteiger partial charge in [0.15, 0.2) is 0 Å². The van der Waals surface area contributed by atoms with Crippen LogP contribution in [0.25, 0.3) is 0 Å². The first-order valence-corrected chi connectivity index (χ1v) is 5.94. The van der Waals surface area contributed by atoms with E-state index in [1.807, 2.05) is 27.7 Å². The molecule has 1 aromatic rings. The highest BCUT2D eigenvalue weighted by Crippen LogP contribution is 2.20. The molecule has 16 heavy (non-hydrogen) atoms. The maximum Gasteiger partial charge on any atom is 0.224 e. The number of nitrogens with zero attached hydrogens (tertiary/aromatic N) is 1. The Bertz CT molecular complexity index is 334. The van der Waals surface area contributed by atoms with E-state index in [4.69, 9.17) is 0 Å². The van der Waals surface area contributed by atoms with E-state index in [0.29, 0.717) is 12.3 Å². The number of nitrogens with one attached hydrogen (secondary N) is 2. The number of aromatic amines is 1. The van der Waals surface area contributed by atoms with Gasteiger partial charge in [0.05, 0.1) is 17.1 Å². The molecule has 90 valence electrons. The van der Waals surface area contributed by atoms with Gasteiger partial charge in [-0.15, -0.1) is 0 Å². The largest absolute Gasteiger partial charge is 0.323 e. The Kier molecular flexibility index (Phi) is 4.52. The smallest absolute Gasteiger partial charge is 0.224 e. The lowest BCUT2D eigenvalue weighted by Crippen LogP contribution is -2.15. The summed E-state index contributed by atoms with van der Waals surface area (Å²) in [5, 5.41) is 10.1. The second-order valence-electron chi connectivity index (χ2n) is 4.38. The zero-order valence-electron chi connectivity index (χ0n) is 10.6. The number of aromatic nitrogens is 2. The number of anilines is 1. The van der Waals surface area contributed by atoms with E-state index in [1.165, 1.54) is 0 Å². The second kappa shape index (κ2) is 5.68. The third-order valence-electron chi connectivity index (χ3n) is 2.46. The molecule has 1 heterocycles. The van der Waals surface area contributed by atoms with Crippen LogP contribution in [0.5, 0.6) is 0 Å². The molecule has 0 aromatic carbocycles. The third-order valence-corrected chi connectivity index (χ3v) is 2.46. The van der Waals surface area contributed by atoms with Gasteiger partial charge in [0.1, 0.15) is 0 Å². The van der Waals surface area contributed by atoms with E-state index in [2.05, 4.69) is 15.5 Å². The SMILES string of the molecule is CCc1n[nH]c(CC)c1NC(=O)CC(C)C. The summed E-state index contributed by atoms with van der Waals surface area (Å²) in [5.41, 5.74) is 2.83. The van der Waals surface area contributed by atoms with Gasteiger partial charge in [-0.2, -0.15) is 5.10 Å². The fraction of sp³-hybridized carbons (Fsp3) is 0.667. The van der Waals surface area contributed by atoms with Crippen LogP contribution in [0.15, 0.2) is 0 Å². The minimum absolute atomic E-state index is 0.0702. The van der Waals surface area contributed by atoms with Crippen molar-refractivity contribution in [2.45, 2.75) is 47.0 Å². The van der Waals surface area contributed by atoms with Crippen molar-refractivity contribution >= 4 is 11.6 Å². The van der Waals surface area contributed by atoms with Crippen molar-refractivity contribution < 1.29 is 4.79 Å². The van der Waals surface area contributed by atoms with Crippen LogP contribution in [0.1, 0.15) is 45.5 Å². The molecule has 0 fully saturated rings. The van der Waals surface area contributed by atoms with Gasteiger partial charge >= 0.3 is 0 Å². The predicted molar refractivity (Wildman–Crippen MR) is 65.4 cm³/mol. The molecular formula is C12H21N3O. The van der Waals surface area contributed by atoms with Gasteiger partial charge in [-0.3, -0.25) is 9.89 Å². The maximum absolute atomic E-state index is 11.7. The monoisotopic (exact) mass is 223 g/mol. The first-order valence-electron chi connectivity index (χ1n) is 5.94. The van der Waals surface area contributed by atoms with E-state index < -0.39 is 0 Å². The highest BCUT2D eigenvalue weighted by molar-refractivity contribution is 5.92. The van der Waals surface area contributed by atoms with E-state index in [-0.39, 0.29) is 5.91 Å². The first-order chi connectivity index (χ1) is 7.58. The Morgan fingerprint density at radius 3 is 2.56 bits per heavy atom. The summed E-state index contributed by atoms with van der Waals surface area (Å²) in [4.78, 5) is 11.7. The standard InChI is InChI=1S/C12H21N3O/c1-5-9-12(10(6-2)15-14-9)13-11(16)7-8(3)4/h8H,5-7H2,1-4H3,(H,13,16)(H,14,15). The molecule has 0 unspecified atom stereocenters. The summed E-state index contributed by atoms with van der Waals surface area (Å²) in [6.07, 6.45) is 2.23. The highest BCUT2D eigenvalue weighted by atomic mass is 16.1. The molecule has 0 aliphatic carbocycles. The Hall–Kier alpha value is -1.32. The molecule has 1 amide bonds. The molecule has 0 spiro atoms. The van der Waals surface area contributed by atoms with Gasteiger partial charge in [0, 0.05) is 6.42 Å². The molecule has 1 aromatic heterocycles. The van der Waals surface area contributed by atoms with Crippen molar-refractivity contribution in [3.05, 3.63) is 11.4 Å². The van der Waals surface area contributed by atoms with Crippen molar-refractivity contribution in [2.24, 2.45) is 5.92 Å². The van der Waals surface area contributed by atoms with Gasteiger partial charge in [0.25, 0.3) is 0 Å². The summed E-state index contributed by atoms with van der Waals surface area (Å²) in [7, 11) is 0. The molecule has 0 saturated heterocycles. The molecule has 0 aliphatic heterocycles. The average Bonchev–Trinajstić information content (AvgIpc) is 2.58. The second-order valence-corrected chi connectivity index (χ2v) is 4.38. The molecule has 0 radical (unpaired) electrons. The van der Waals surface area contributed by atoms with E-state index in [1.54, 1.807) is 0 Å². The van der Waals surface area contributed by atoms with Crippen molar-refractivity contribution in [1.29, 1.82) is 0 Å². The summed E-state index contributed by atoms with van der Waals surface area (Å²) in [6.45, 7) is 8.16. The fourth-order valence-electron chi connectivity index (χ4n) is 1.64. The van der Waals surface area contributed by atoms with E-state index in [9.17, 15) is 4.79 Å². The quantitative estimate of drug-likeness (QED) is 0.805. The topological polar surface area (TPSA) is 57.8 Å². The zero-order chi connectivity index (χ0) is 12.1. The number of hydrogen-bond donors (Lipinski definition) is 2. The molecular weight excluding hydrogens is 202 g/mol. The van der Waals surface area contributed by atoms with Crippen molar-refractivity contribution in [2.75, 3.05) is 5.32 Å². The number of rotatable bonds is 5. The van der Waals surface area contributed by atoms with Crippen LogP contribution in [-0.4, -0.2) is 16.1 Å². The van der Waals surface area contributed by atoms with Crippen LogP contribution in [0, 0.1) is 5.92 Å². The Morgan fingerprint density at radius 2 is 2.06 bits per heavy atom. The van der Waals surface area contributed by atoms with Crippen LogP contribution >= 0.6 is 0 Å². The molecule has 1 rings (SSSR count). The number of carbonyl (C=O) groups excluding carboxylic acids is 1. The summed E-state index contributed by atoms with van der Waals surface area (Å²) < 4.78 is 0. The molecule has 4 nitrogen and oxygen atoms in total. The zero-order valence-corrected chi connectivity index (χ0v) is 10.6.